The third-order valence-electron chi connectivity index (χ3n) is 3.17. The maximum Gasteiger partial charge on any atom is 0.269 e. The molecule has 0 spiro atoms. The number of amides is 1. The van der Waals surface area contributed by atoms with Crippen molar-refractivity contribution in [3.05, 3.63) is 33.9 Å². The van der Waals surface area contributed by atoms with Crippen molar-refractivity contribution in [1.29, 1.82) is 0 Å². The summed E-state index contributed by atoms with van der Waals surface area (Å²) in [5.41, 5.74) is 0.734. The molecule has 1 aliphatic rings. The molecule has 1 aromatic carbocycles. The van der Waals surface area contributed by atoms with Gasteiger partial charge in [-0.1, -0.05) is 0 Å². The van der Waals surface area contributed by atoms with E-state index >= 15 is 0 Å². The SMILES string of the molecule is Cc1cc([N+](=O)[O-])ccc1OCN1CCCCC1=O. The number of carbonyl (C=O) groups excluding carboxylic acids is 1. The summed E-state index contributed by atoms with van der Waals surface area (Å²) in [6.45, 7) is 2.67. The van der Waals surface area contributed by atoms with Crippen molar-refractivity contribution in [3.63, 3.8) is 0 Å². The van der Waals surface area contributed by atoms with Crippen LogP contribution in [0.15, 0.2) is 18.2 Å². The molecule has 1 amide bonds. The standard InChI is InChI=1S/C13H16N2O4/c1-10-8-11(15(17)18)5-6-12(10)19-9-14-7-3-2-4-13(14)16/h5-6,8H,2-4,7,9H2,1H3. The number of ether oxygens (including phenoxy) is 1. The van der Waals surface area contributed by atoms with E-state index in [4.69, 9.17) is 4.74 Å². The second-order valence-corrected chi connectivity index (χ2v) is 4.59. The lowest BCUT2D eigenvalue weighted by molar-refractivity contribution is -0.384. The van der Waals surface area contributed by atoms with Gasteiger partial charge in [-0.25, -0.2) is 0 Å². The highest BCUT2D eigenvalue weighted by Crippen LogP contribution is 2.23. The quantitative estimate of drug-likeness (QED) is 0.617. The highest BCUT2D eigenvalue weighted by atomic mass is 16.6. The molecule has 0 radical (unpaired) electrons. The van der Waals surface area contributed by atoms with Gasteiger partial charge in [0.15, 0.2) is 6.73 Å². The highest BCUT2D eigenvalue weighted by Gasteiger charge is 2.18. The fourth-order valence-corrected chi connectivity index (χ4v) is 2.05. The van der Waals surface area contributed by atoms with Crippen molar-refractivity contribution >= 4 is 11.6 Å². The number of piperidine rings is 1. The average molecular weight is 264 g/mol. The van der Waals surface area contributed by atoms with Gasteiger partial charge in [0.05, 0.1) is 4.92 Å². The third-order valence-corrected chi connectivity index (χ3v) is 3.17. The van der Waals surface area contributed by atoms with Gasteiger partial charge in [-0.2, -0.15) is 0 Å². The van der Waals surface area contributed by atoms with Crippen LogP contribution in [0.25, 0.3) is 0 Å². The van der Waals surface area contributed by atoms with Gasteiger partial charge in [-0.3, -0.25) is 14.9 Å². The fourth-order valence-electron chi connectivity index (χ4n) is 2.05. The first kappa shape index (κ1) is 13.3. The van der Waals surface area contributed by atoms with Crippen LogP contribution in [0.1, 0.15) is 24.8 Å². The summed E-state index contributed by atoms with van der Waals surface area (Å²) in [7, 11) is 0. The van der Waals surface area contributed by atoms with Crippen LogP contribution >= 0.6 is 0 Å². The van der Waals surface area contributed by atoms with Crippen LogP contribution < -0.4 is 4.74 Å². The largest absolute Gasteiger partial charge is 0.473 e. The molecule has 6 nitrogen and oxygen atoms in total. The molecule has 1 heterocycles. The Morgan fingerprint density at radius 2 is 2.21 bits per heavy atom. The van der Waals surface area contributed by atoms with E-state index in [-0.39, 0.29) is 18.3 Å². The third kappa shape index (κ3) is 3.21. The number of non-ortho nitro benzene ring substituents is 1. The maximum atomic E-state index is 11.6. The average Bonchev–Trinajstić information content (AvgIpc) is 2.39. The first-order valence-corrected chi connectivity index (χ1v) is 6.23. The van der Waals surface area contributed by atoms with Gasteiger partial charge in [-0.05, 0) is 31.4 Å². The molecular weight excluding hydrogens is 248 g/mol. The van der Waals surface area contributed by atoms with Crippen LogP contribution in [0.3, 0.4) is 0 Å². The zero-order valence-corrected chi connectivity index (χ0v) is 10.8. The zero-order valence-electron chi connectivity index (χ0n) is 10.8. The number of nitro benzene ring substituents is 1. The minimum Gasteiger partial charge on any atom is -0.473 e. The van der Waals surface area contributed by atoms with Gasteiger partial charge in [0.25, 0.3) is 5.69 Å². The number of aryl methyl sites for hydroxylation is 1. The topological polar surface area (TPSA) is 72.7 Å². The van der Waals surface area contributed by atoms with E-state index in [1.807, 2.05) is 0 Å². The molecule has 6 heteroatoms. The minimum absolute atomic E-state index is 0.0406. The molecular formula is C13H16N2O4. The second kappa shape index (κ2) is 5.69. The number of rotatable bonds is 4. The van der Waals surface area contributed by atoms with E-state index in [1.165, 1.54) is 12.1 Å². The van der Waals surface area contributed by atoms with E-state index in [0.717, 1.165) is 12.8 Å². The summed E-state index contributed by atoms with van der Waals surface area (Å²) < 4.78 is 5.56. The van der Waals surface area contributed by atoms with Crippen molar-refractivity contribution < 1.29 is 14.5 Å². The number of nitro groups is 1. The lowest BCUT2D eigenvalue weighted by Gasteiger charge is -2.26. The van der Waals surface area contributed by atoms with E-state index in [9.17, 15) is 14.9 Å². The lowest BCUT2D eigenvalue weighted by atomic mass is 10.1. The fraction of sp³-hybridized carbons (Fsp3) is 0.462. The molecule has 0 saturated carbocycles. The van der Waals surface area contributed by atoms with Crippen molar-refractivity contribution in [2.75, 3.05) is 13.3 Å². The van der Waals surface area contributed by atoms with Crippen molar-refractivity contribution in [2.24, 2.45) is 0 Å². The Balaban J connectivity index is 1.99. The van der Waals surface area contributed by atoms with Crippen LogP contribution in [0.4, 0.5) is 5.69 Å². The van der Waals surface area contributed by atoms with Crippen LogP contribution in [0.5, 0.6) is 5.75 Å². The van der Waals surface area contributed by atoms with Crippen LogP contribution in [-0.4, -0.2) is 29.0 Å². The molecule has 1 saturated heterocycles. The first-order valence-electron chi connectivity index (χ1n) is 6.23. The molecule has 2 rings (SSSR count). The van der Waals surface area contributed by atoms with E-state index < -0.39 is 4.92 Å². The van der Waals surface area contributed by atoms with Crippen molar-refractivity contribution in [2.45, 2.75) is 26.2 Å². The Labute approximate surface area is 111 Å². The monoisotopic (exact) mass is 264 g/mol. The molecule has 1 fully saturated rings. The molecule has 102 valence electrons. The summed E-state index contributed by atoms with van der Waals surface area (Å²) in [5, 5.41) is 10.6. The predicted octanol–water partition coefficient (Wildman–Crippen LogP) is 2.25. The van der Waals surface area contributed by atoms with E-state index in [0.29, 0.717) is 24.3 Å². The molecule has 0 atom stereocenters. The summed E-state index contributed by atoms with van der Waals surface area (Å²) in [4.78, 5) is 23.5. The molecule has 0 unspecified atom stereocenters. The van der Waals surface area contributed by atoms with Crippen LogP contribution in [0, 0.1) is 17.0 Å². The van der Waals surface area contributed by atoms with E-state index in [1.54, 1.807) is 17.9 Å². The maximum absolute atomic E-state index is 11.6. The van der Waals surface area contributed by atoms with Gasteiger partial charge in [-0.15, -0.1) is 0 Å². The number of hydrogen-bond acceptors (Lipinski definition) is 4. The summed E-state index contributed by atoms with van der Waals surface area (Å²) in [6.07, 6.45) is 2.50. The molecule has 0 aliphatic carbocycles. The number of nitrogens with zero attached hydrogens (tertiary/aromatic N) is 2. The lowest BCUT2D eigenvalue weighted by Crippen LogP contribution is -2.38. The van der Waals surface area contributed by atoms with E-state index in [2.05, 4.69) is 0 Å². The molecule has 19 heavy (non-hydrogen) atoms. The van der Waals surface area contributed by atoms with Gasteiger partial charge >= 0.3 is 0 Å². The van der Waals surface area contributed by atoms with Gasteiger partial charge < -0.3 is 9.64 Å². The summed E-state index contributed by atoms with van der Waals surface area (Å²) in [5.74, 6) is 0.676. The van der Waals surface area contributed by atoms with Crippen LogP contribution in [-0.2, 0) is 4.79 Å². The minimum atomic E-state index is -0.440. The second-order valence-electron chi connectivity index (χ2n) is 4.59. The number of likely N-dealkylation sites (tertiary alicyclic amines) is 1. The van der Waals surface area contributed by atoms with Gasteiger partial charge in [0.1, 0.15) is 5.75 Å². The molecule has 1 aliphatic heterocycles. The number of benzene rings is 1. The predicted molar refractivity (Wildman–Crippen MR) is 68.9 cm³/mol. The first-order chi connectivity index (χ1) is 9.08. The highest BCUT2D eigenvalue weighted by molar-refractivity contribution is 5.76. The van der Waals surface area contributed by atoms with Crippen LogP contribution in [0.2, 0.25) is 0 Å². The normalized spacial score (nSPS) is 15.4. The summed E-state index contributed by atoms with van der Waals surface area (Å²) in [6, 6.07) is 4.44. The Hall–Kier alpha value is -2.11. The Morgan fingerprint density at radius 1 is 1.42 bits per heavy atom. The zero-order chi connectivity index (χ0) is 13.8. The summed E-state index contributed by atoms with van der Waals surface area (Å²) >= 11 is 0. The van der Waals surface area contributed by atoms with Gasteiger partial charge in [0, 0.05) is 25.1 Å². The molecule has 0 N–H and O–H groups in total. The number of carbonyl (C=O) groups is 1. The number of hydrogen-bond donors (Lipinski definition) is 0. The van der Waals surface area contributed by atoms with Crippen molar-refractivity contribution in [1.82, 2.24) is 4.90 Å². The molecule has 0 bridgehead atoms. The Kier molecular flexibility index (Phi) is 3.99. The Bertz CT molecular complexity index is 501. The van der Waals surface area contributed by atoms with Crippen molar-refractivity contribution in [3.8, 4) is 5.75 Å². The molecule has 0 aromatic heterocycles. The molecule has 1 aromatic rings. The van der Waals surface area contributed by atoms with Gasteiger partial charge in [0.2, 0.25) is 5.91 Å². The Morgan fingerprint density at radius 3 is 2.84 bits per heavy atom. The smallest absolute Gasteiger partial charge is 0.269 e.